The van der Waals surface area contributed by atoms with Gasteiger partial charge in [0.1, 0.15) is 0 Å². The summed E-state index contributed by atoms with van der Waals surface area (Å²) >= 11 is 0. The average Bonchev–Trinajstić information content (AvgIpc) is 3.21. The Morgan fingerprint density at radius 2 is 1.14 bits per heavy atom. The normalized spacial score (nSPS) is 20.2. The quantitative estimate of drug-likeness (QED) is 0.519. The van der Waals surface area contributed by atoms with E-state index in [1.807, 2.05) is 18.2 Å². The lowest BCUT2D eigenvalue weighted by Crippen LogP contribution is -2.47. The number of carbonyl (C=O) groups is 4. The van der Waals surface area contributed by atoms with Crippen LogP contribution in [0.5, 0.6) is 0 Å². The molecule has 2 aromatic carbocycles. The smallest absolute Gasteiger partial charge is 0.265 e. The number of rotatable bonds is 2. The van der Waals surface area contributed by atoms with E-state index < -0.39 is 17.9 Å². The lowest BCUT2D eigenvalue weighted by molar-refractivity contribution is 0.0526. The summed E-state index contributed by atoms with van der Waals surface area (Å²) < 4.78 is 0. The van der Waals surface area contributed by atoms with Gasteiger partial charge in [-0.15, -0.1) is 0 Å². The van der Waals surface area contributed by atoms with Crippen LogP contribution >= 0.6 is 0 Å². The third-order valence-electron chi connectivity index (χ3n) is 7.48. The largest absolute Gasteiger partial charge is 0.269 e. The molecule has 4 amide bonds. The molecule has 0 N–H and O–H groups in total. The second kappa shape index (κ2) is 7.99. The Balaban J connectivity index is 1.52. The van der Waals surface area contributed by atoms with Gasteiger partial charge < -0.3 is 0 Å². The van der Waals surface area contributed by atoms with Crippen molar-refractivity contribution in [3.8, 4) is 0 Å². The third kappa shape index (κ3) is 3.62. The molecule has 0 bridgehead atoms. The highest BCUT2D eigenvalue weighted by Gasteiger charge is 2.47. The zero-order valence-corrected chi connectivity index (χ0v) is 21.8. The molecular formula is C30H32N2O4. The number of benzene rings is 2. The van der Waals surface area contributed by atoms with Gasteiger partial charge in [-0.3, -0.25) is 24.1 Å². The zero-order valence-electron chi connectivity index (χ0n) is 21.8. The van der Waals surface area contributed by atoms with E-state index in [1.165, 1.54) is 9.80 Å². The predicted octanol–water partition coefficient (Wildman–Crippen LogP) is 5.61. The summed E-state index contributed by atoms with van der Waals surface area (Å²) in [6.45, 7) is 12.3. The molecule has 0 fully saturated rings. The highest BCUT2D eigenvalue weighted by atomic mass is 16.2. The van der Waals surface area contributed by atoms with E-state index in [4.69, 9.17) is 0 Å². The molecular weight excluding hydrogens is 452 g/mol. The molecule has 1 unspecified atom stereocenters. The summed E-state index contributed by atoms with van der Waals surface area (Å²) in [6, 6.07) is 10.1. The van der Waals surface area contributed by atoms with Crippen LogP contribution in [0.3, 0.4) is 0 Å². The number of hydrogen-bond donors (Lipinski definition) is 0. The Morgan fingerprint density at radius 1 is 0.667 bits per heavy atom. The Bertz CT molecular complexity index is 1370. The standard InChI is InChI=1S/C30H32N2O4/c1-29(2,3)17-11-13-19-21(15-17)27(35)31(25(19)33)23-9-7-8-10-24(23)32-26(34)20-14-12-18(30(4,5)6)16-22(20)28(32)36/h9,11-16,24H,7-8,10H2,1-6H3. The number of imide groups is 2. The van der Waals surface area contributed by atoms with Gasteiger partial charge in [-0.1, -0.05) is 59.8 Å². The fourth-order valence-electron chi connectivity index (χ4n) is 5.30. The van der Waals surface area contributed by atoms with E-state index in [0.717, 1.165) is 17.5 Å². The molecule has 6 nitrogen and oxygen atoms in total. The van der Waals surface area contributed by atoms with E-state index in [1.54, 1.807) is 24.3 Å². The van der Waals surface area contributed by atoms with Crippen LogP contribution in [0.2, 0.25) is 0 Å². The maximum absolute atomic E-state index is 13.6. The second-order valence-electron chi connectivity index (χ2n) is 12.0. The lowest BCUT2D eigenvalue weighted by atomic mass is 9.85. The molecule has 0 spiro atoms. The van der Waals surface area contributed by atoms with Gasteiger partial charge in [0, 0.05) is 5.70 Å². The Kier molecular flexibility index (Phi) is 5.36. The zero-order chi connectivity index (χ0) is 26.2. The van der Waals surface area contributed by atoms with Crippen LogP contribution in [0, 0.1) is 0 Å². The van der Waals surface area contributed by atoms with E-state index >= 15 is 0 Å². The van der Waals surface area contributed by atoms with Crippen molar-refractivity contribution in [3.05, 3.63) is 81.6 Å². The molecule has 0 saturated carbocycles. The monoisotopic (exact) mass is 484 g/mol. The van der Waals surface area contributed by atoms with Crippen molar-refractivity contribution in [1.29, 1.82) is 0 Å². The van der Waals surface area contributed by atoms with Crippen LogP contribution in [-0.4, -0.2) is 39.5 Å². The Labute approximate surface area is 212 Å². The molecule has 2 heterocycles. The number of nitrogens with zero attached hydrogens (tertiary/aromatic N) is 2. The molecule has 1 aliphatic carbocycles. The molecule has 0 aromatic heterocycles. The summed E-state index contributed by atoms with van der Waals surface area (Å²) in [4.78, 5) is 56.5. The van der Waals surface area contributed by atoms with Gasteiger partial charge in [0.2, 0.25) is 0 Å². The SMILES string of the molecule is CC(C)(C)c1ccc2c(c1)C(=O)N(C1=CCCCC1N1C(=O)c3ccc(C(C)(C)C)cc3C1=O)C2=O. The van der Waals surface area contributed by atoms with Crippen molar-refractivity contribution < 1.29 is 19.2 Å². The molecule has 1 atom stereocenters. The average molecular weight is 485 g/mol. The van der Waals surface area contributed by atoms with Crippen LogP contribution < -0.4 is 0 Å². The molecule has 3 aliphatic rings. The molecule has 186 valence electrons. The minimum absolute atomic E-state index is 0.173. The number of hydrogen-bond acceptors (Lipinski definition) is 4. The van der Waals surface area contributed by atoms with E-state index in [0.29, 0.717) is 40.8 Å². The number of allylic oxidation sites excluding steroid dienone is 1. The minimum Gasteiger partial charge on any atom is -0.269 e. The number of fused-ring (bicyclic) bond motifs is 2. The fraction of sp³-hybridized carbons (Fsp3) is 0.400. The maximum atomic E-state index is 13.6. The Morgan fingerprint density at radius 3 is 1.69 bits per heavy atom. The van der Waals surface area contributed by atoms with Gasteiger partial charge in [0.15, 0.2) is 0 Å². The van der Waals surface area contributed by atoms with Crippen molar-refractivity contribution in [2.45, 2.75) is 77.7 Å². The summed E-state index contributed by atoms with van der Waals surface area (Å²) in [5, 5.41) is 0. The molecule has 0 saturated heterocycles. The summed E-state index contributed by atoms with van der Waals surface area (Å²) in [5.74, 6) is -1.54. The second-order valence-corrected chi connectivity index (χ2v) is 12.0. The molecule has 2 aromatic rings. The first kappa shape index (κ1) is 24.2. The number of carbonyl (C=O) groups excluding carboxylic acids is 4. The fourth-order valence-corrected chi connectivity index (χ4v) is 5.30. The van der Waals surface area contributed by atoms with Crippen LogP contribution in [0.4, 0.5) is 0 Å². The van der Waals surface area contributed by atoms with Crippen molar-refractivity contribution in [2.75, 3.05) is 0 Å². The van der Waals surface area contributed by atoms with Gasteiger partial charge in [-0.25, -0.2) is 4.90 Å². The van der Waals surface area contributed by atoms with Crippen molar-refractivity contribution in [1.82, 2.24) is 9.80 Å². The van der Waals surface area contributed by atoms with Gasteiger partial charge in [0.25, 0.3) is 23.6 Å². The predicted molar refractivity (Wildman–Crippen MR) is 137 cm³/mol. The molecule has 5 rings (SSSR count). The molecule has 2 aliphatic heterocycles. The third-order valence-corrected chi connectivity index (χ3v) is 7.48. The van der Waals surface area contributed by atoms with Crippen molar-refractivity contribution >= 4 is 23.6 Å². The van der Waals surface area contributed by atoms with Gasteiger partial charge in [-0.2, -0.15) is 0 Å². The summed E-state index contributed by atoms with van der Waals surface area (Å²) in [7, 11) is 0. The van der Waals surface area contributed by atoms with Gasteiger partial charge in [0.05, 0.1) is 28.3 Å². The first-order valence-electron chi connectivity index (χ1n) is 12.6. The molecule has 36 heavy (non-hydrogen) atoms. The van der Waals surface area contributed by atoms with Crippen LogP contribution in [-0.2, 0) is 10.8 Å². The van der Waals surface area contributed by atoms with Crippen LogP contribution in [0.1, 0.15) is 113 Å². The first-order valence-corrected chi connectivity index (χ1v) is 12.6. The van der Waals surface area contributed by atoms with Gasteiger partial charge >= 0.3 is 0 Å². The number of amides is 4. The summed E-state index contributed by atoms with van der Waals surface area (Å²) in [5.41, 5.74) is 3.50. The van der Waals surface area contributed by atoms with Gasteiger partial charge in [-0.05, 0) is 65.5 Å². The van der Waals surface area contributed by atoms with Crippen LogP contribution in [0.25, 0.3) is 0 Å². The van der Waals surface area contributed by atoms with Crippen molar-refractivity contribution in [2.24, 2.45) is 0 Å². The highest BCUT2D eigenvalue weighted by Crippen LogP contribution is 2.38. The van der Waals surface area contributed by atoms with E-state index in [2.05, 4.69) is 41.5 Å². The van der Waals surface area contributed by atoms with Crippen LogP contribution in [0.15, 0.2) is 48.2 Å². The summed E-state index contributed by atoms with van der Waals surface area (Å²) in [6.07, 6.45) is 3.77. The topological polar surface area (TPSA) is 74.8 Å². The Hall–Kier alpha value is -3.54. The maximum Gasteiger partial charge on any atom is 0.265 e. The van der Waals surface area contributed by atoms with E-state index in [9.17, 15) is 19.2 Å². The first-order chi connectivity index (χ1) is 16.8. The lowest BCUT2D eigenvalue weighted by Gasteiger charge is -2.34. The highest BCUT2D eigenvalue weighted by molar-refractivity contribution is 6.24. The van der Waals surface area contributed by atoms with E-state index in [-0.39, 0.29) is 22.6 Å². The minimum atomic E-state index is -0.673. The molecule has 6 heteroatoms. The molecule has 0 radical (unpaired) electrons. The van der Waals surface area contributed by atoms with Crippen molar-refractivity contribution in [3.63, 3.8) is 0 Å².